The lowest BCUT2D eigenvalue weighted by molar-refractivity contribution is -0.00413. The number of nitrogens with zero attached hydrogens (tertiary/aromatic N) is 3. The van der Waals surface area contributed by atoms with E-state index in [0.717, 1.165) is 49.2 Å². The molecule has 0 saturated carbocycles. The molecule has 0 aliphatic carbocycles. The lowest BCUT2D eigenvalue weighted by Crippen LogP contribution is -2.36. The molecule has 4 rings (SSSR count). The van der Waals surface area contributed by atoms with Gasteiger partial charge < -0.3 is 9.14 Å². The number of benzene rings is 1. The first-order valence-corrected chi connectivity index (χ1v) is 9.25. The van der Waals surface area contributed by atoms with E-state index < -0.39 is 5.82 Å². The molecule has 0 N–H and O–H groups in total. The van der Waals surface area contributed by atoms with Gasteiger partial charge in [-0.2, -0.15) is 0 Å². The SMILES string of the molecule is Fc1cc(COC2CCN(Cc3ncn4ccccc34)CC2)ccc1Cl. The van der Waals surface area contributed by atoms with Crippen molar-refractivity contribution in [1.82, 2.24) is 14.3 Å². The molecule has 4 nitrogen and oxygen atoms in total. The number of imidazole rings is 1. The molecule has 1 fully saturated rings. The van der Waals surface area contributed by atoms with E-state index in [1.165, 1.54) is 6.07 Å². The lowest BCUT2D eigenvalue weighted by atomic mass is 10.1. The fourth-order valence-electron chi connectivity index (χ4n) is 3.41. The Morgan fingerprint density at radius 3 is 2.85 bits per heavy atom. The van der Waals surface area contributed by atoms with E-state index in [9.17, 15) is 4.39 Å². The van der Waals surface area contributed by atoms with Crippen LogP contribution in [0.4, 0.5) is 4.39 Å². The maximum atomic E-state index is 13.5. The zero-order chi connectivity index (χ0) is 17.9. The number of fused-ring (bicyclic) bond motifs is 1. The van der Waals surface area contributed by atoms with Gasteiger partial charge in [-0.05, 0) is 42.7 Å². The largest absolute Gasteiger partial charge is 0.373 e. The third kappa shape index (κ3) is 3.90. The molecule has 0 atom stereocenters. The van der Waals surface area contributed by atoms with Gasteiger partial charge >= 0.3 is 0 Å². The smallest absolute Gasteiger partial charge is 0.142 e. The third-order valence-electron chi connectivity index (χ3n) is 4.90. The highest BCUT2D eigenvalue weighted by Gasteiger charge is 2.21. The molecule has 0 bridgehead atoms. The summed E-state index contributed by atoms with van der Waals surface area (Å²) in [5, 5.41) is 0.147. The Morgan fingerprint density at radius 2 is 2.04 bits per heavy atom. The Labute approximate surface area is 157 Å². The Morgan fingerprint density at radius 1 is 1.19 bits per heavy atom. The summed E-state index contributed by atoms with van der Waals surface area (Å²) in [6.45, 7) is 3.23. The van der Waals surface area contributed by atoms with Crippen molar-refractivity contribution in [3.05, 3.63) is 71.0 Å². The second kappa shape index (κ2) is 7.74. The van der Waals surface area contributed by atoms with Gasteiger partial charge in [0.1, 0.15) is 5.82 Å². The average molecular weight is 374 g/mol. The first kappa shape index (κ1) is 17.5. The zero-order valence-corrected chi connectivity index (χ0v) is 15.2. The van der Waals surface area contributed by atoms with Crippen LogP contribution in [0, 0.1) is 5.82 Å². The number of ether oxygens (including phenoxy) is 1. The highest BCUT2D eigenvalue weighted by atomic mass is 35.5. The molecule has 2 aromatic heterocycles. The molecule has 136 valence electrons. The highest BCUT2D eigenvalue weighted by molar-refractivity contribution is 6.30. The molecule has 3 heterocycles. The molecule has 26 heavy (non-hydrogen) atoms. The average Bonchev–Trinajstić information content (AvgIpc) is 3.07. The number of hydrogen-bond donors (Lipinski definition) is 0. The van der Waals surface area contributed by atoms with Gasteiger partial charge in [0, 0.05) is 25.8 Å². The summed E-state index contributed by atoms with van der Waals surface area (Å²) in [4.78, 5) is 6.96. The quantitative estimate of drug-likeness (QED) is 0.667. The predicted molar refractivity (Wildman–Crippen MR) is 99.7 cm³/mol. The van der Waals surface area contributed by atoms with Crippen LogP contribution in [0.5, 0.6) is 0 Å². The third-order valence-corrected chi connectivity index (χ3v) is 5.21. The Hall–Kier alpha value is -1.95. The van der Waals surface area contributed by atoms with Crippen LogP contribution in [-0.4, -0.2) is 33.5 Å². The molecule has 1 aliphatic rings. The van der Waals surface area contributed by atoms with Gasteiger partial charge in [0.05, 0.1) is 35.3 Å². The Balaban J connectivity index is 1.28. The van der Waals surface area contributed by atoms with Crippen LogP contribution in [0.25, 0.3) is 5.52 Å². The number of piperidine rings is 1. The van der Waals surface area contributed by atoms with Gasteiger partial charge in [-0.15, -0.1) is 0 Å². The maximum Gasteiger partial charge on any atom is 0.142 e. The predicted octanol–water partition coefficient (Wildman–Crippen LogP) is 4.31. The summed E-state index contributed by atoms with van der Waals surface area (Å²) in [5.41, 5.74) is 3.09. The second-order valence-corrected chi connectivity index (χ2v) is 7.13. The summed E-state index contributed by atoms with van der Waals surface area (Å²) < 4.78 is 21.5. The number of pyridine rings is 1. The molecule has 0 radical (unpaired) electrons. The molecule has 0 spiro atoms. The summed E-state index contributed by atoms with van der Waals surface area (Å²) in [6.07, 6.45) is 6.05. The van der Waals surface area contributed by atoms with Crippen LogP contribution in [0.3, 0.4) is 0 Å². The van der Waals surface area contributed by atoms with Gasteiger partial charge in [0.15, 0.2) is 0 Å². The van der Waals surface area contributed by atoms with Gasteiger partial charge in [0.2, 0.25) is 0 Å². The minimum atomic E-state index is -0.394. The van der Waals surface area contributed by atoms with Crippen LogP contribution < -0.4 is 0 Å². The van der Waals surface area contributed by atoms with Crippen LogP contribution in [-0.2, 0) is 17.9 Å². The first-order chi connectivity index (χ1) is 12.7. The van der Waals surface area contributed by atoms with Crippen LogP contribution in [0.1, 0.15) is 24.1 Å². The molecule has 1 aliphatic heterocycles. The van der Waals surface area contributed by atoms with Gasteiger partial charge in [0.25, 0.3) is 0 Å². The van der Waals surface area contributed by atoms with Crippen molar-refractivity contribution in [2.24, 2.45) is 0 Å². The van der Waals surface area contributed by atoms with Crippen LogP contribution in [0.15, 0.2) is 48.9 Å². The molecular formula is C20H21ClFN3O. The second-order valence-electron chi connectivity index (χ2n) is 6.72. The van der Waals surface area contributed by atoms with E-state index in [1.807, 2.05) is 30.7 Å². The van der Waals surface area contributed by atoms with Crippen LogP contribution in [0.2, 0.25) is 5.02 Å². The summed E-state index contributed by atoms with van der Waals surface area (Å²) >= 11 is 5.71. The minimum Gasteiger partial charge on any atom is -0.373 e. The standard InChI is InChI=1S/C20H21ClFN3O/c21-17-5-4-15(11-18(17)22)13-26-16-6-9-24(10-7-16)12-19-20-3-1-2-8-25(20)14-23-19/h1-5,8,11,14,16H,6-7,9-10,12-13H2. The van der Waals surface area contributed by atoms with Gasteiger partial charge in [-0.3, -0.25) is 4.90 Å². The summed E-state index contributed by atoms with van der Waals surface area (Å²) in [6, 6.07) is 11.0. The van der Waals surface area contributed by atoms with Crippen LogP contribution >= 0.6 is 11.6 Å². The summed E-state index contributed by atoms with van der Waals surface area (Å²) in [7, 11) is 0. The molecular weight excluding hydrogens is 353 g/mol. The fourth-order valence-corrected chi connectivity index (χ4v) is 3.53. The Bertz CT molecular complexity index is 890. The fraction of sp³-hybridized carbons (Fsp3) is 0.350. The Kier molecular flexibility index (Phi) is 5.20. The minimum absolute atomic E-state index is 0.147. The summed E-state index contributed by atoms with van der Waals surface area (Å²) in [5.74, 6) is -0.394. The van der Waals surface area contributed by atoms with E-state index in [4.69, 9.17) is 16.3 Å². The lowest BCUT2D eigenvalue weighted by Gasteiger charge is -2.31. The maximum absolute atomic E-state index is 13.5. The number of rotatable bonds is 5. The number of aromatic nitrogens is 2. The normalized spacial score (nSPS) is 16.4. The van der Waals surface area contributed by atoms with Crippen molar-refractivity contribution in [3.63, 3.8) is 0 Å². The van der Waals surface area contributed by atoms with Crippen molar-refractivity contribution in [2.75, 3.05) is 13.1 Å². The van der Waals surface area contributed by atoms with Gasteiger partial charge in [-0.25, -0.2) is 9.37 Å². The molecule has 6 heteroatoms. The first-order valence-electron chi connectivity index (χ1n) is 8.87. The van der Waals surface area contributed by atoms with E-state index >= 15 is 0 Å². The molecule has 3 aromatic rings. The van der Waals surface area contributed by atoms with E-state index in [0.29, 0.717) is 6.61 Å². The van der Waals surface area contributed by atoms with E-state index in [2.05, 4.69) is 20.4 Å². The molecule has 1 aromatic carbocycles. The van der Waals surface area contributed by atoms with Crippen molar-refractivity contribution >= 4 is 17.1 Å². The van der Waals surface area contributed by atoms with Gasteiger partial charge in [-0.1, -0.05) is 23.7 Å². The molecule has 0 unspecified atom stereocenters. The number of likely N-dealkylation sites (tertiary alicyclic amines) is 1. The highest BCUT2D eigenvalue weighted by Crippen LogP contribution is 2.20. The number of halogens is 2. The van der Waals surface area contributed by atoms with E-state index in [-0.39, 0.29) is 11.1 Å². The number of hydrogen-bond acceptors (Lipinski definition) is 3. The van der Waals surface area contributed by atoms with Crippen molar-refractivity contribution in [1.29, 1.82) is 0 Å². The molecule has 0 amide bonds. The van der Waals surface area contributed by atoms with Crippen molar-refractivity contribution in [2.45, 2.75) is 32.1 Å². The zero-order valence-electron chi connectivity index (χ0n) is 14.4. The van der Waals surface area contributed by atoms with Crippen molar-refractivity contribution < 1.29 is 9.13 Å². The van der Waals surface area contributed by atoms with E-state index in [1.54, 1.807) is 6.07 Å². The molecule has 1 saturated heterocycles. The topological polar surface area (TPSA) is 29.8 Å². The van der Waals surface area contributed by atoms with Crippen molar-refractivity contribution in [3.8, 4) is 0 Å². The monoisotopic (exact) mass is 373 g/mol.